The summed E-state index contributed by atoms with van der Waals surface area (Å²) in [6.07, 6.45) is 2.62. The third-order valence-corrected chi connectivity index (χ3v) is 2.65. The van der Waals surface area contributed by atoms with Gasteiger partial charge in [0.1, 0.15) is 0 Å². The average Bonchev–Trinajstić information content (AvgIpc) is 2.13. The van der Waals surface area contributed by atoms with Gasteiger partial charge in [0.15, 0.2) is 5.78 Å². The number of carbonyl (C=O) groups excluding carboxylic acids is 2. The second kappa shape index (κ2) is 7.05. The highest BCUT2D eigenvalue weighted by Gasteiger charge is 2.27. The van der Waals surface area contributed by atoms with Crippen LogP contribution in [-0.2, 0) is 9.59 Å². The Bertz CT molecular complexity index is 235. The molecule has 0 spiro atoms. The van der Waals surface area contributed by atoms with Crippen LogP contribution >= 0.6 is 11.6 Å². The molecule has 16 heavy (non-hydrogen) atoms. The zero-order valence-electron chi connectivity index (χ0n) is 10.8. The molecular formula is C13H23ClO2. The molecule has 0 heterocycles. The fraction of sp³-hybridized carbons (Fsp3) is 0.846. The van der Waals surface area contributed by atoms with E-state index in [2.05, 4.69) is 0 Å². The van der Waals surface area contributed by atoms with Crippen molar-refractivity contribution in [1.29, 1.82) is 0 Å². The molecule has 0 saturated heterocycles. The van der Waals surface area contributed by atoms with Gasteiger partial charge in [-0.25, -0.2) is 0 Å². The van der Waals surface area contributed by atoms with Gasteiger partial charge in [-0.15, -0.1) is 11.6 Å². The van der Waals surface area contributed by atoms with Gasteiger partial charge in [0, 0.05) is 18.2 Å². The normalized spacial score (nSPS) is 13.6. The molecule has 0 N–H and O–H groups in total. The molecule has 0 aromatic carbocycles. The molecule has 0 aliphatic carbocycles. The van der Waals surface area contributed by atoms with E-state index in [1.807, 2.05) is 27.7 Å². The number of alkyl halides is 1. The fourth-order valence-electron chi connectivity index (χ4n) is 1.68. The lowest BCUT2D eigenvalue weighted by molar-refractivity contribution is -0.140. The Kier molecular flexibility index (Phi) is 6.89. The van der Waals surface area contributed by atoms with Crippen molar-refractivity contribution in [3.05, 3.63) is 0 Å². The van der Waals surface area contributed by atoms with Crippen molar-refractivity contribution in [2.75, 3.05) is 5.88 Å². The summed E-state index contributed by atoms with van der Waals surface area (Å²) >= 11 is 5.65. The van der Waals surface area contributed by atoms with Gasteiger partial charge in [0.25, 0.3) is 0 Å². The molecule has 0 rings (SSSR count). The Morgan fingerprint density at radius 3 is 2.12 bits per heavy atom. The molecule has 0 radical (unpaired) electrons. The highest BCUT2D eigenvalue weighted by molar-refractivity contribution is 6.38. The molecule has 0 fully saturated rings. The molecule has 0 aromatic heterocycles. The van der Waals surface area contributed by atoms with Crippen molar-refractivity contribution in [3.8, 4) is 0 Å². The average molecular weight is 247 g/mol. The molecule has 0 aliphatic heterocycles. The zero-order valence-corrected chi connectivity index (χ0v) is 11.6. The molecule has 0 amide bonds. The highest BCUT2D eigenvalue weighted by Crippen LogP contribution is 2.22. The Hall–Kier alpha value is -0.370. The van der Waals surface area contributed by atoms with E-state index >= 15 is 0 Å². The topological polar surface area (TPSA) is 34.1 Å². The van der Waals surface area contributed by atoms with E-state index < -0.39 is 0 Å². The third kappa shape index (κ3) is 6.26. The Balaban J connectivity index is 4.43. The molecular weight excluding hydrogens is 224 g/mol. The standard InChI is InChI=1S/C13H23ClO2/c1-5-6-10(7-8-14)12(16)11(15)9-13(2,3)4/h10H,5-9H2,1-4H3. The van der Waals surface area contributed by atoms with Gasteiger partial charge in [0.05, 0.1) is 0 Å². The van der Waals surface area contributed by atoms with Gasteiger partial charge < -0.3 is 0 Å². The first-order valence-corrected chi connectivity index (χ1v) is 6.48. The number of carbonyl (C=O) groups is 2. The van der Waals surface area contributed by atoms with Crippen molar-refractivity contribution < 1.29 is 9.59 Å². The number of ketones is 2. The third-order valence-electron chi connectivity index (χ3n) is 2.43. The monoisotopic (exact) mass is 246 g/mol. The predicted octanol–water partition coefficient (Wildman–Crippen LogP) is 3.61. The number of halogens is 1. The van der Waals surface area contributed by atoms with E-state index in [0.717, 1.165) is 12.8 Å². The van der Waals surface area contributed by atoms with Crippen molar-refractivity contribution in [1.82, 2.24) is 0 Å². The van der Waals surface area contributed by atoms with Gasteiger partial charge in [-0.1, -0.05) is 34.1 Å². The van der Waals surface area contributed by atoms with Crippen molar-refractivity contribution in [2.45, 2.75) is 53.4 Å². The van der Waals surface area contributed by atoms with Gasteiger partial charge in [-0.05, 0) is 18.3 Å². The van der Waals surface area contributed by atoms with Crippen LogP contribution in [0.25, 0.3) is 0 Å². The minimum atomic E-state index is -0.240. The summed E-state index contributed by atoms with van der Waals surface area (Å²) in [6, 6.07) is 0. The van der Waals surface area contributed by atoms with Crippen LogP contribution in [0.5, 0.6) is 0 Å². The van der Waals surface area contributed by atoms with Crippen LogP contribution in [0.3, 0.4) is 0 Å². The smallest absolute Gasteiger partial charge is 0.201 e. The van der Waals surface area contributed by atoms with E-state index in [1.54, 1.807) is 0 Å². The summed E-state index contributed by atoms with van der Waals surface area (Å²) in [5, 5.41) is 0. The van der Waals surface area contributed by atoms with E-state index in [0.29, 0.717) is 18.7 Å². The number of hydrogen-bond acceptors (Lipinski definition) is 2. The van der Waals surface area contributed by atoms with E-state index in [9.17, 15) is 9.59 Å². The maximum Gasteiger partial charge on any atom is 0.201 e. The lowest BCUT2D eigenvalue weighted by Gasteiger charge is -2.18. The van der Waals surface area contributed by atoms with Gasteiger partial charge in [-0.3, -0.25) is 9.59 Å². The summed E-state index contributed by atoms with van der Waals surface area (Å²) in [4.78, 5) is 23.6. The minimum Gasteiger partial charge on any atom is -0.291 e. The molecule has 1 unspecified atom stereocenters. The van der Waals surface area contributed by atoms with Crippen molar-refractivity contribution >= 4 is 23.2 Å². The maximum absolute atomic E-state index is 11.9. The Labute approximate surface area is 104 Å². The van der Waals surface area contributed by atoms with Crippen molar-refractivity contribution in [2.24, 2.45) is 11.3 Å². The lowest BCUT2D eigenvalue weighted by Crippen LogP contribution is -2.27. The molecule has 1 atom stereocenters. The van der Waals surface area contributed by atoms with E-state index in [-0.39, 0.29) is 22.9 Å². The Morgan fingerprint density at radius 1 is 1.19 bits per heavy atom. The van der Waals surface area contributed by atoms with Crippen LogP contribution in [0.15, 0.2) is 0 Å². The summed E-state index contributed by atoms with van der Waals surface area (Å²) in [7, 11) is 0. The van der Waals surface area contributed by atoms with Crippen LogP contribution in [0.4, 0.5) is 0 Å². The Morgan fingerprint density at radius 2 is 1.75 bits per heavy atom. The van der Waals surface area contributed by atoms with Crippen LogP contribution in [0, 0.1) is 11.3 Å². The zero-order chi connectivity index (χ0) is 12.8. The first kappa shape index (κ1) is 15.6. The summed E-state index contributed by atoms with van der Waals surface area (Å²) in [6.45, 7) is 7.92. The first-order valence-electron chi connectivity index (χ1n) is 5.94. The molecule has 94 valence electrons. The first-order chi connectivity index (χ1) is 7.31. The second-order valence-corrected chi connectivity index (χ2v) is 5.87. The molecule has 0 aliphatic rings. The lowest BCUT2D eigenvalue weighted by atomic mass is 9.84. The molecule has 0 aromatic rings. The quantitative estimate of drug-likeness (QED) is 0.508. The molecule has 0 saturated carbocycles. The van der Waals surface area contributed by atoms with Gasteiger partial charge in [0.2, 0.25) is 5.78 Å². The molecule has 3 heteroatoms. The van der Waals surface area contributed by atoms with Gasteiger partial charge >= 0.3 is 0 Å². The number of Topliss-reactive ketones (excluding diaryl/α,β-unsaturated/α-hetero) is 2. The largest absolute Gasteiger partial charge is 0.291 e. The SMILES string of the molecule is CCCC(CCCl)C(=O)C(=O)CC(C)(C)C. The van der Waals surface area contributed by atoms with Crippen LogP contribution < -0.4 is 0 Å². The van der Waals surface area contributed by atoms with Crippen LogP contribution in [-0.4, -0.2) is 17.4 Å². The summed E-state index contributed by atoms with van der Waals surface area (Å²) < 4.78 is 0. The summed E-state index contributed by atoms with van der Waals surface area (Å²) in [5.74, 6) is -0.190. The number of hydrogen-bond donors (Lipinski definition) is 0. The summed E-state index contributed by atoms with van der Waals surface area (Å²) in [5.41, 5.74) is -0.121. The predicted molar refractivity (Wildman–Crippen MR) is 67.8 cm³/mol. The molecule has 2 nitrogen and oxygen atoms in total. The van der Waals surface area contributed by atoms with Crippen LogP contribution in [0.2, 0.25) is 0 Å². The van der Waals surface area contributed by atoms with Gasteiger partial charge in [-0.2, -0.15) is 0 Å². The van der Waals surface area contributed by atoms with E-state index in [4.69, 9.17) is 11.6 Å². The highest BCUT2D eigenvalue weighted by atomic mass is 35.5. The fourth-order valence-corrected chi connectivity index (χ4v) is 1.95. The van der Waals surface area contributed by atoms with E-state index in [1.165, 1.54) is 0 Å². The van der Waals surface area contributed by atoms with Crippen LogP contribution in [0.1, 0.15) is 53.4 Å². The molecule has 0 bridgehead atoms. The number of rotatable bonds is 7. The minimum absolute atomic E-state index is 0.121. The second-order valence-electron chi connectivity index (χ2n) is 5.49. The van der Waals surface area contributed by atoms with Crippen molar-refractivity contribution in [3.63, 3.8) is 0 Å². The maximum atomic E-state index is 11.9.